The maximum Gasteiger partial charge on any atom is 0.229 e. The van der Waals surface area contributed by atoms with Crippen molar-refractivity contribution in [2.45, 2.75) is 19.3 Å². The molecule has 7 rings (SSSR count). The highest BCUT2D eigenvalue weighted by Gasteiger charge is 2.65. The van der Waals surface area contributed by atoms with Gasteiger partial charge in [-0.3, -0.25) is 4.79 Å². The van der Waals surface area contributed by atoms with Gasteiger partial charge in [0, 0.05) is 54.9 Å². The van der Waals surface area contributed by atoms with Crippen molar-refractivity contribution in [3.05, 3.63) is 36.7 Å². The molecule has 3 aromatic heterocycles. The summed E-state index contributed by atoms with van der Waals surface area (Å²) in [4.78, 5) is 28.9. The lowest BCUT2D eigenvalue weighted by atomic mass is 10.1. The number of rotatable bonds is 5. The van der Waals surface area contributed by atoms with E-state index in [1.165, 1.54) is 12.8 Å². The molecule has 178 valence electrons. The number of ether oxygens (including phenoxy) is 1. The molecule has 1 aliphatic heterocycles. The Morgan fingerprint density at radius 2 is 1.97 bits per heavy atom. The Hall–Kier alpha value is -3.72. The van der Waals surface area contributed by atoms with E-state index < -0.39 is 0 Å². The van der Waals surface area contributed by atoms with Crippen molar-refractivity contribution in [2.75, 3.05) is 48.9 Å². The number of benzene rings is 1. The molecule has 4 heterocycles. The summed E-state index contributed by atoms with van der Waals surface area (Å²) < 4.78 is 11.6. The molecular weight excluding hydrogens is 444 g/mol. The first-order chi connectivity index (χ1) is 17.1. The molecule has 2 saturated carbocycles. The Labute approximate surface area is 201 Å². The number of oxazole rings is 1. The molecule has 0 radical (unpaired) electrons. The van der Waals surface area contributed by atoms with Crippen LogP contribution in [0.15, 0.2) is 41.1 Å². The van der Waals surface area contributed by atoms with E-state index in [9.17, 15) is 4.79 Å². The molecule has 2 aliphatic carbocycles. The summed E-state index contributed by atoms with van der Waals surface area (Å²) >= 11 is 0. The number of hydrogen-bond donors (Lipinski definition) is 2. The molecule has 2 N–H and O–H groups in total. The summed E-state index contributed by atoms with van der Waals surface area (Å²) in [5.41, 5.74) is 3.67. The van der Waals surface area contributed by atoms with Crippen molar-refractivity contribution < 1.29 is 13.9 Å². The highest BCUT2D eigenvalue weighted by molar-refractivity contribution is 6.03. The number of carbonyl (C=O) groups excluding carboxylic acids is 1. The number of nitrogens with one attached hydrogen (secondary N) is 2. The van der Waals surface area contributed by atoms with Gasteiger partial charge < -0.3 is 24.7 Å². The molecule has 4 aromatic rings. The summed E-state index contributed by atoms with van der Waals surface area (Å²) in [7, 11) is 1.83. The summed E-state index contributed by atoms with van der Waals surface area (Å²) in [5.74, 6) is 1.92. The summed E-state index contributed by atoms with van der Waals surface area (Å²) in [6.07, 6.45) is 6.84. The molecule has 3 fully saturated rings. The fraction of sp³-hybridized carbons (Fsp3) is 0.385. The predicted molar refractivity (Wildman–Crippen MR) is 134 cm³/mol. The number of carbonyl (C=O) groups is 1. The van der Waals surface area contributed by atoms with Crippen molar-refractivity contribution in [3.63, 3.8) is 0 Å². The van der Waals surface area contributed by atoms with Crippen molar-refractivity contribution in [2.24, 2.45) is 11.3 Å². The molecule has 35 heavy (non-hydrogen) atoms. The fourth-order valence-electron chi connectivity index (χ4n) is 5.27. The third kappa shape index (κ3) is 3.49. The van der Waals surface area contributed by atoms with Crippen LogP contribution in [-0.4, -0.2) is 54.2 Å². The van der Waals surface area contributed by atoms with Gasteiger partial charge in [0.2, 0.25) is 11.8 Å². The zero-order chi connectivity index (χ0) is 23.6. The van der Waals surface area contributed by atoms with Gasteiger partial charge in [0.15, 0.2) is 5.58 Å². The first-order valence-corrected chi connectivity index (χ1v) is 12.1. The van der Waals surface area contributed by atoms with Crippen LogP contribution in [0.1, 0.15) is 19.3 Å². The van der Waals surface area contributed by atoms with Crippen molar-refractivity contribution >= 4 is 45.1 Å². The van der Waals surface area contributed by atoms with E-state index in [0.29, 0.717) is 28.5 Å². The molecule has 9 heteroatoms. The number of anilines is 3. The van der Waals surface area contributed by atoms with Crippen molar-refractivity contribution in [3.8, 4) is 11.5 Å². The van der Waals surface area contributed by atoms with Crippen LogP contribution in [0, 0.1) is 11.3 Å². The van der Waals surface area contributed by atoms with Crippen LogP contribution in [0.2, 0.25) is 0 Å². The molecule has 1 amide bonds. The van der Waals surface area contributed by atoms with E-state index in [2.05, 4.69) is 37.6 Å². The minimum absolute atomic E-state index is 0.0660. The van der Waals surface area contributed by atoms with E-state index in [0.717, 1.165) is 60.3 Å². The van der Waals surface area contributed by atoms with Gasteiger partial charge in [0.1, 0.15) is 17.2 Å². The smallest absolute Gasteiger partial charge is 0.229 e. The van der Waals surface area contributed by atoms with Crippen LogP contribution in [0.4, 0.5) is 17.3 Å². The third-order valence-corrected chi connectivity index (χ3v) is 7.64. The topological polar surface area (TPSA) is 105 Å². The SMILES string of the molecule is CNc1ncc(-c2nc3cc(N4CCOCC4)ccc3o2)c2cc(NC(=O)[C@H]3CC34CC4)ncc12. The quantitative estimate of drug-likeness (QED) is 0.450. The number of nitrogens with zero attached hydrogens (tertiary/aromatic N) is 4. The van der Waals surface area contributed by atoms with Gasteiger partial charge in [-0.2, -0.15) is 0 Å². The zero-order valence-corrected chi connectivity index (χ0v) is 19.5. The molecule has 1 spiro atoms. The standard InChI is InChI=1S/C26H26N6O3/c1-27-23-17-13-28-22(31-24(33)19-12-26(19)4-5-26)11-16(17)18(14-29-23)25-30-20-10-15(2-3-21(20)35-25)32-6-8-34-9-7-32/h2-3,10-11,13-14,19H,4-9,12H2,1H3,(H,27,29)(H,28,31,33)/t19-/m1/s1. The van der Waals surface area contributed by atoms with Crippen LogP contribution in [0.25, 0.3) is 33.3 Å². The number of morpholine rings is 1. The Balaban J connectivity index is 1.26. The van der Waals surface area contributed by atoms with Crippen LogP contribution >= 0.6 is 0 Å². The second-order valence-electron chi connectivity index (χ2n) is 9.76. The fourth-order valence-corrected chi connectivity index (χ4v) is 5.27. The molecule has 3 aliphatic rings. The molecule has 1 aromatic carbocycles. The van der Waals surface area contributed by atoms with Crippen LogP contribution in [-0.2, 0) is 9.53 Å². The van der Waals surface area contributed by atoms with Crippen LogP contribution in [0.5, 0.6) is 0 Å². The Morgan fingerprint density at radius 1 is 1.11 bits per heavy atom. The lowest BCUT2D eigenvalue weighted by Gasteiger charge is -2.28. The predicted octanol–water partition coefficient (Wildman–Crippen LogP) is 4.05. The van der Waals surface area contributed by atoms with Gasteiger partial charge in [-0.15, -0.1) is 0 Å². The summed E-state index contributed by atoms with van der Waals surface area (Å²) in [5, 5.41) is 7.85. The van der Waals surface area contributed by atoms with E-state index in [4.69, 9.17) is 14.1 Å². The lowest BCUT2D eigenvalue weighted by Crippen LogP contribution is -2.36. The molecular formula is C26H26N6O3. The maximum absolute atomic E-state index is 12.7. The maximum atomic E-state index is 12.7. The number of pyridine rings is 2. The van der Waals surface area contributed by atoms with Gasteiger partial charge >= 0.3 is 0 Å². The first-order valence-electron chi connectivity index (χ1n) is 12.1. The zero-order valence-electron chi connectivity index (χ0n) is 19.5. The van der Waals surface area contributed by atoms with Gasteiger partial charge in [-0.1, -0.05) is 0 Å². The average Bonchev–Trinajstić information content (AvgIpc) is 3.79. The Bertz CT molecular complexity index is 1470. The monoisotopic (exact) mass is 470 g/mol. The number of aromatic nitrogens is 3. The molecule has 9 nitrogen and oxygen atoms in total. The number of amides is 1. The summed E-state index contributed by atoms with van der Waals surface area (Å²) in [6.45, 7) is 3.18. The van der Waals surface area contributed by atoms with E-state index in [1.54, 1.807) is 12.4 Å². The van der Waals surface area contributed by atoms with E-state index in [1.807, 2.05) is 19.2 Å². The van der Waals surface area contributed by atoms with Crippen molar-refractivity contribution in [1.82, 2.24) is 15.0 Å². The lowest BCUT2D eigenvalue weighted by molar-refractivity contribution is -0.117. The molecule has 0 bridgehead atoms. The minimum atomic E-state index is 0.0660. The molecule has 0 unspecified atom stereocenters. The van der Waals surface area contributed by atoms with Crippen molar-refractivity contribution in [1.29, 1.82) is 0 Å². The number of fused-ring (bicyclic) bond motifs is 2. The average molecular weight is 471 g/mol. The van der Waals surface area contributed by atoms with E-state index >= 15 is 0 Å². The summed E-state index contributed by atoms with van der Waals surface area (Å²) in [6, 6.07) is 7.97. The molecule has 1 atom stereocenters. The van der Waals surface area contributed by atoms with Gasteiger partial charge in [-0.05, 0) is 48.9 Å². The minimum Gasteiger partial charge on any atom is -0.436 e. The normalized spacial score (nSPS) is 20.4. The second kappa shape index (κ2) is 7.64. The van der Waals surface area contributed by atoms with Crippen LogP contribution < -0.4 is 15.5 Å². The Kier molecular flexibility index (Phi) is 4.51. The molecule has 1 saturated heterocycles. The van der Waals surface area contributed by atoms with Gasteiger partial charge in [-0.25, -0.2) is 15.0 Å². The van der Waals surface area contributed by atoms with Gasteiger partial charge in [0.25, 0.3) is 0 Å². The second-order valence-corrected chi connectivity index (χ2v) is 9.76. The Morgan fingerprint density at radius 3 is 2.74 bits per heavy atom. The highest BCUT2D eigenvalue weighted by Crippen LogP contribution is 2.70. The highest BCUT2D eigenvalue weighted by atomic mass is 16.5. The van der Waals surface area contributed by atoms with Gasteiger partial charge in [0.05, 0.1) is 18.8 Å². The third-order valence-electron chi connectivity index (χ3n) is 7.64. The van der Waals surface area contributed by atoms with E-state index in [-0.39, 0.29) is 11.8 Å². The number of hydrogen-bond acceptors (Lipinski definition) is 8. The largest absolute Gasteiger partial charge is 0.436 e. The first kappa shape index (κ1) is 20.6. The van der Waals surface area contributed by atoms with Crippen LogP contribution in [0.3, 0.4) is 0 Å².